The van der Waals surface area contributed by atoms with Crippen molar-refractivity contribution < 1.29 is 30.4 Å². The first kappa shape index (κ1) is 38.0. The van der Waals surface area contributed by atoms with E-state index in [0.29, 0.717) is 17.4 Å². The maximum absolute atomic E-state index is 6.61. The number of nitrogens with zero attached hydrogens (tertiary/aromatic N) is 4. The molecule has 0 amide bonds. The molecule has 59 heavy (non-hydrogen) atoms. The van der Waals surface area contributed by atoms with Gasteiger partial charge in [0.15, 0.2) is 0 Å². The van der Waals surface area contributed by atoms with Gasteiger partial charge in [-0.15, -0.1) is 29.7 Å². The number of para-hydroxylation sites is 3. The predicted octanol–water partition coefficient (Wildman–Crippen LogP) is 12.4. The zero-order valence-electron chi connectivity index (χ0n) is 33.0. The monoisotopic (exact) mass is 943 g/mol. The number of imidazole rings is 1. The fourth-order valence-corrected chi connectivity index (χ4v) is 8.25. The number of aryl methyl sites for hydroxylation is 1. The van der Waals surface area contributed by atoms with Crippen molar-refractivity contribution in [2.45, 2.75) is 27.2 Å². The Morgan fingerprint density at radius 2 is 1.31 bits per heavy atom. The van der Waals surface area contributed by atoms with E-state index in [4.69, 9.17) is 9.72 Å². The third kappa shape index (κ3) is 7.06. The number of fused-ring (bicyclic) bond motifs is 4. The van der Waals surface area contributed by atoms with Crippen molar-refractivity contribution in [3.05, 3.63) is 200 Å². The summed E-state index contributed by atoms with van der Waals surface area (Å²) in [5, 5.41) is 2.24. The molecule has 0 saturated heterocycles. The smallest absolute Gasteiger partial charge is 0.268 e. The van der Waals surface area contributed by atoms with Crippen LogP contribution in [0.15, 0.2) is 170 Å². The number of rotatable bonds is 9. The standard InChI is InChI=1S/C53H40N4O.Pt/c1-36(2)31-38-29-30-54-51(32-38)57-48-25-11-10-22-46(48)47-28-27-43(34-50(47)57)58-42-21-13-20-41(33-42)55-35-56(52-37(3)15-12-26-49(52)55)53-44(39-16-6-4-7-17-39)23-14-24-45(53)40-18-8-5-9-19-40;/h4-30,32,36H,31H2,1-3H3;/q-2;. The van der Waals surface area contributed by atoms with Gasteiger partial charge in [-0.05, 0) is 81.9 Å². The van der Waals surface area contributed by atoms with Crippen LogP contribution in [0, 0.1) is 31.3 Å². The van der Waals surface area contributed by atoms with Gasteiger partial charge in [0, 0.05) is 44.3 Å². The van der Waals surface area contributed by atoms with E-state index in [1.165, 1.54) is 5.56 Å². The molecule has 6 heteroatoms. The summed E-state index contributed by atoms with van der Waals surface area (Å²) in [6.07, 6.45) is 6.68. The van der Waals surface area contributed by atoms with Crippen LogP contribution < -0.4 is 9.30 Å². The molecular weight excluding hydrogens is 904 g/mol. The fourth-order valence-electron chi connectivity index (χ4n) is 8.25. The van der Waals surface area contributed by atoms with E-state index in [0.717, 1.165) is 84.3 Å². The molecule has 5 nitrogen and oxygen atoms in total. The predicted molar refractivity (Wildman–Crippen MR) is 234 cm³/mol. The van der Waals surface area contributed by atoms with Crippen LogP contribution in [0.5, 0.6) is 11.5 Å². The molecule has 3 aromatic heterocycles. The van der Waals surface area contributed by atoms with Gasteiger partial charge in [-0.25, -0.2) is 4.98 Å². The summed E-state index contributed by atoms with van der Waals surface area (Å²) in [5.41, 5.74) is 12.9. The van der Waals surface area contributed by atoms with Gasteiger partial charge in [0.2, 0.25) is 0 Å². The zero-order chi connectivity index (χ0) is 39.2. The zero-order valence-corrected chi connectivity index (χ0v) is 35.2. The third-order valence-electron chi connectivity index (χ3n) is 10.8. The van der Waals surface area contributed by atoms with E-state index in [-0.39, 0.29) is 21.1 Å². The van der Waals surface area contributed by atoms with Crippen LogP contribution in [0.25, 0.3) is 72.3 Å². The molecule has 0 aliphatic rings. The minimum Gasteiger partial charge on any atom is -0.510 e. The van der Waals surface area contributed by atoms with Crippen LogP contribution in [0.4, 0.5) is 0 Å². The molecule has 0 unspecified atom stereocenters. The molecule has 0 spiro atoms. The number of hydrogen-bond acceptors (Lipinski definition) is 2. The van der Waals surface area contributed by atoms with Crippen LogP contribution in [-0.4, -0.2) is 14.1 Å². The average Bonchev–Trinajstić information content (AvgIpc) is 3.81. The normalized spacial score (nSPS) is 11.4. The SMILES string of the molecule is Cc1cccc2c1[n+](-c1c(-c3ccccc3)cccc1-c1ccccc1)[c-]n2-c1[c-]c(Oc2[c-]c3c(cc2)c2ccccc2n3-c2cc(CC(C)C)ccn2)ccc1.[Pt]. The van der Waals surface area contributed by atoms with Crippen LogP contribution >= 0.6 is 0 Å². The molecule has 0 N–H and O–H groups in total. The van der Waals surface area contributed by atoms with Crippen LogP contribution in [0.3, 0.4) is 0 Å². The molecule has 0 fully saturated rings. The van der Waals surface area contributed by atoms with Gasteiger partial charge < -0.3 is 13.9 Å². The maximum Gasteiger partial charge on any atom is 0.268 e. The van der Waals surface area contributed by atoms with E-state index in [2.05, 4.69) is 199 Å². The van der Waals surface area contributed by atoms with Crippen molar-refractivity contribution in [3.8, 4) is 50.9 Å². The summed E-state index contributed by atoms with van der Waals surface area (Å²) in [7, 11) is 0. The Morgan fingerprint density at radius 1 is 0.644 bits per heavy atom. The minimum absolute atomic E-state index is 0. The number of benzene rings is 7. The minimum atomic E-state index is 0. The van der Waals surface area contributed by atoms with Crippen molar-refractivity contribution in [1.29, 1.82) is 0 Å². The van der Waals surface area contributed by atoms with E-state index < -0.39 is 0 Å². The maximum atomic E-state index is 6.61. The Hall–Kier alpha value is -6.55. The molecule has 7 aromatic carbocycles. The molecular formula is C53H40N4OPt-2. The first-order chi connectivity index (χ1) is 28.5. The van der Waals surface area contributed by atoms with Gasteiger partial charge in [0.05, 0.1) is 16.7 Å². The Bertz CT molecular complexity index is 3050. The molecule has 0 radical (unpaired) electrons. The van der Waals surface area contributed by atoms with Crippen LogP contribution in [0.1, 0.15) is 25.0 Å². The topological polar surface area (TPSA) is 35.9 Å². The van der Waals surface area contributed by atoms with Gasteiger partial charge in [0.1, 0.15) is 5.82 Å². The van der Waals surface area contributed by atoms with E-state index in [1.54, 1.807) is 0 Å². The molecule has 0 atom stereocenters. The second-order valence-electron chi connectivity index (χ2n) is 15.2. The van der Waals surface area contributed by atoms with Crippen molar-refractivity contribution in [1.82, 2.24) is 14.1 Å². The largest absolute Gasteiger partial charge is 0.510 e. The Kier molecular flexibility index (Phi) is 10.3. The Labute approximate surface area is 359 Å². The number of hydrogen-bond donors (Lipinski definition) is 0. The van der Waals surface area contributed by atoms with E-state index in [9.17, 15) is 0 Å². The van der Waals surface area contributed by atoms with Gasteiger partial charge in [-0.1, -0.05) is 135 Å². The van der Waals surface area contributed by atoms with Crippen LogP contribution in [-0.2, 0) is 27.5 Å². The molecule has 10 rings (SSSR count). The third-order valence-corrected chi connectivity index (χ3v) is 10.8. The quantitative estimate of drug-likeness (QED) is 0.107. The molecule has 3 heterocycles. The van der Waals surface area contributed by atoms with Gasteiger partial charge in [0.25, 0.3) is 6.33 Å². The number of aromatic nitrogens is 4. The summed E-state index contributed by atoms with van der Waals surface area (Å²) < 4.78 is 13.1. The Morgan fingerprint density at radius 3 is 2.05 bits per heavy atom. The van der Waals surface area contributed by atoms with Crippen molar-refractivity contribution in [3.63, 3.8) is 0 Å². The van der Waals surface area contributed by atoms with Crippen molar-refractivity contribution >= 4 is 32.8 Å². The second kappa shape index (κ2) is 16.0. The van der Waals surface area contributed by atoms with Gasteiger partial charge in [-0.2, -0.15) is 18.2 Å². The van der Waals surface area contributed by atoms with Crippen LogP contribution in [0.2, 0.25) is 0 Å². The summed E-state index contributed by atoms with van der Waals surface area (Å²) in [5.74, 6) is 2.59. The fraction of sp³-hybridized carbons (Fsp3) is 0.0943. The summed E-state index contributed by atoms with van der Waals surface area (Å²) in [6, 6.07) is 64.2. The first-order valence-electron chi connectivity index (χ1n) is 19.8. The van der Waals surface area contributed by atoms with E-state index in [1.807, 2.05) is 24.4 Å². The number of pyridine rings is 1. The molecule has 0 bridgehead atoms. The molecule has 0 saturated carbocycles. The summed E-state index contributed by atoms with van der Waals surface area (Å²) >= 11 is 0. The van der Waals surface area contributed by atoms with Crippen molar-refractivity contribution in [2.75, 3.05) is 0 Å². The molecule has 10 aromatic rings. The van der Waals surface area contributed by atoms with Crippen molar-refractivity contribution in [2.24, 2.45) is 5.92 Å². The van der Waals surface area contributed by atoms with Gasteiger partial charge >= 0.3 is 0 Å². The molecule has 290 valence electrons. The number of ether oxygens (including phenoxy) is 1. The molecule has 0 aliphatic heterocycles. The van der Waals surface area contributed by atoms with Gasteiger partial charge in [-0.3, -0.25) is 4.57 Å². The second-order valence-corrected chi connectivity index (χ2v) is 15.2. The first-order valence-corrected chi connectivity index (χ1v) is 19.8. The van der Waals surface area contributed by atoms with E-state index >= 15 is 0 Å². The average molecular weight is 944 g/mol. The summed E-state index contributed by atoms with van der Waals surface area (Å²) in [4.78, 5) is 4.84. The summed E-state index contributed by atoms with van der Waals surface area (Å²) in [6.45, 7) is 6.65. The molecule has 0 aliphatic carbocycles. The Balaban J connectivity index is 0.00000449.